The molecule has 3 unspecified atom stereocenters. The fourth-order valence-corrected chi connectivity index (χ4v) is 6.66. The van der Waals surface area contributed by atoms with Crippen LogP contribution in [0.4, 0.5) is 5.69 Å². The summed E-state index contributed by atoms with van der Waals surface area (Å²) in [6, 6.07) is 13.6. The zero-order valence-corrected chi connectivity index (χ0v) is 20.1. The summed E-state index contributed by atoms with van der Waals surface area (Å²) in [5.41, 5.74) is 1.66. The van der Waals surface area contributed by atoms with Gasteiger partial charge in [-0.2, -0.15) is 0 Å². The molecule has 0 spiro atoms. The van der Waals surface area contributed by atoms with E-state index in [9.17, 15) is 19.0 Å². The van der Waals surface area contributed by atoms with Gasteiger partial charge in [-0.25, -0.2) is 0 Å². The number of amidine groups is 1. The van der Waals surface area contributed by atoms with E-state index in [2.05, 4.69) is 10.1 Å². The van der Waals surface area contributed by atoms with Crippen LogP contribution in [0, 0.1) is 5.92 Å². The molecule has 1 aliphatic carbocycles. The van der Waals surface area contributed by atoms with E-state index in [1.807, 2.05) is 19.1 Å². The summed E-state index contributed by atoms with van der Waals surface area (Å²) < 4.78 is 15.9. The van der Waals surface area contributed by atoms with Gasteiger partial charge in [0.05, 0.1) is 0 Å². The van der Waals surface area contributed by atoms with Gasteiger partial charge in [0.2, 0.25) is 0 Å². The van der Waals surface area contributed by atoms with Crippen molar-refractivity contribution in [3.63, 3.8) is 0 Å². The van der Waals surface area contributed by atoms with Gasteiger partial charge in [0.15, 0.2) is 0 Å². The van der Waals surface area contributed by atoms with Crippen LogP contribution in [-0.4, -0.2) is 77.8 Å². The summed E-state index contributed by atoms with van der Waals surface area (Å²) >= 11 is -0.130. The fourth-order valence-electron chi connectivity index (χ4n) is 3.59. The molecule has 2 N–H and O–H groups in total. The van der Waals surface area contributed by atoms with Gasteiger partial charge >= 0.3 is 192 Å². The first-order chi connectivity index (χ1) is 12.2. The number of para-hydroxylation sites is 1. The molecule has 0 amide bonds. The summed E-state index contributed by atoms with van der Waals surface area (Å²) in [4.78, 5) is 36.6. The van der Waals surface area contributed by atoms with E-state index in [-0.39, 0.29) is 78.2 Å². The number of hydrogen-bond acceptors (Lipinski definition) is 4. The quantitative estimate of drug-likeness (QED) is 0.523. The maximum atomic E-state index is 13.2. The molecule has 0 radical (unpaired) electrons. The molecular weight excluding hydrogens is 425 g/mol. The number of anilines is 1. The summed E-state index contributed by atoms with van der Waals surface area (Å²) in [7, 11) is -4.04. The van der Waals surface area contributed by atoms with Crippen molar-refractivity contribution in [2.75, 3.05) is 5.32 Å². The molecule has 126 valence electrons. The number of fused-ring (bicyclic) bond motifs is 2. The molecule has 1 aliphatic heterocycles. The van der Waals surface area contributed by atoms with Crippen LogP contribution in [-0.2, 0) is 7.84 Å². The summed E-state index contributed by atoms with van der Waals surface area (Å²) in [6.45, 7) is 1.85. The van der Waals surface area contributed by atoms with Crippen LogP contribution in [0.1, 0.15) is 22.8 Å². The number of carbonyl (C=O) groups is 2. The number of benzene rings is 2. The van der Waals surface area contributed by atoms with E-state index in [0.29, 0.717) is 11.3 Å². The number of hydrogen-bond donors (Lipinski definition) is 2. The zero-order valence-electron chi connectivity index (χ0n) is 14.3. The molecule has 6 nitrogen and oxygen atoms in total. The molecule has 0 fully saturated rings. The van der Waals surface area contributed by atoms with Gasteiger partial charge in [-0.3, -0.25) is 0 Å². The monoisotopic (exact) mass is 438 g/mol. The second-order valence-electron chi connectivity index (χ2n) is 7.00. The molecule has 0 saturated carbocycles. The molecule has 1 heterocycles. The Balaban J connectivity index is 1.87. The van der Waals surface area contributed by atoms with Crippen molar-refractivity contribution in [1.82, 2.24) is 0 Å². The van der Waals surface area contributed by atoms with Crippen molar-refractivity contribution >= 4 is 91.5 Å². The van der Waals surface area contributed by atoms with Gasteiger partial charge in [0.25, 0.3) is 0 Å². The predicted octanol–water partition coefficient (Wildman–Crippen LogP) is 1.79. The summed E-state index contributed by atoms with van der Waals surface area (Å²) in [6.07, 6.45) is 0. The minimum absolute atomic E-state index is 0.0293. The van der Waals surface area contributed by atoms with Crippen LogP contribution in [0.2, 0.25) is 0 Å². The molecule has 8 heteroatoms. The standard InChI is InChI=1S/C18H14N2O4P.Rb/c1-10-11-6-2-3-7-12(11)17(22)15(16(10)21)18-19-13-8-4-5-9-14(13)25(23,24)20-18;/h2-9,15H,1H3,(H2,19,20,23,24);. The molecule has 3 atom stereocenters. The number of carbonyl (C=O) groups excluding carboxylic acids is 2. The molecule has 2 aliphatic rings. The second kappa shape index (κ2) is 6.40. The molecule has 2 aromatic carbocycles. The third-order valence-corrected chi connectivity index (χ3v) is 9.04. The second-order valence-corrected chi connectivity index (χ2v) is 13.7. The van der Waals surface area contributed by atoms with Crippen molar-refractivity contribution in [2.45, 2.75) is 5.41 Å². The van der Waals surface area contributed by atoms with Gasteiger partial charge in [-0.05, 0) is 0 Å². The average molecular weight is 439 g/mol. The van der Waals surface area contributed by atoms with E-state index in [1.54, 1.807) is 30.3 Å². The Bertz CT molecular complexity index is 1050. The molecule has 0 bridgehead atoms. The Hall–Kier alpha value is -0.755. The Kier molecular flexibility index (Phi) is 4.58. The Morgan fingerprint density at radius 2 is 1.81 bits per heavy atom. The van der Waals surface area contributed by atoms with E-state index < -0.39 is 11.9 Å². The number of ketones is 2. The molecule has 0 aromatic heterocycles. The van der Waals surface area contributed by atoms with Gasteiger partial charge < -0.3 is 0 Å². The number of Topliss-reactive ketones (excluding diaryl/α,β-unsaturated/α-hetero) is 2. The molecule has 2 aromatic rings. The Labute approximate surface area is 189 Å². The van der Waals surface area contributed by atoms with Crippen molar-refractivity contribution in [3.8, 4) is 0 Å². The molecular formula is C18H14N2O4PRb. The van der Waals surface area contributed by atoms with Gasteiger partial charge in [0.1, 0.15) is 0 Å². The number of nitrogens with zero attached hydrogens (tertiary/aromatic N) is 1. The SMILES string of the molecule is C[C]1([Rb])C(=O)C(C2=NP(=O)(O)c3ccccc3N2)C(=O)c2ccccc21. The average Bonchev–Trinajstić information content (AvgIpc) is 2.60. The van der Waals surface area contributed by atoms with Crippen LogP contribution >= 0.6 is 7.52 Å². The van der Waals surface area contributed by atoms with Crippen molar-refractivity contribution in [2.24, 2.45) is 10.7 Å². The van der Waals surface area contributed by atoms with Crippen molar-refractivity contribution < 1.29 is 19.0 Å². The third kappa shape index (κ3) is 2.79. The molecule has 0 saturated heterocycles. The van der Waals surface area contributed by atoms with E-state index in [0.717, 1.165) is 5.56 Å². The van der Waals surface area contributed by atoms with E-state index in [1.165, 1.54) is 6.07 Å². The summed E-state index contributed by atoms with van der Waals surface area (Å²) in [5, 5.41) is 3.13. The maximum absolute atomic E-state index is 13.2. The van der Waals surface area contributed by atoms with E-state index in [4.69, 9.17) is 0 Å². The topological polar surface area (TPSA) is 95.8 Å². The number of rotatable bonds is 1. The van der Waals surface area contributed by atoms with Crippen LogP contribution in [0.3, 0.4) is 0 Å². The zero-order chi connectivity index (χ0) is 18.7. The van der Waals surface area contributed by atoms with Gasteiger partial charge in [0, 0.05) is 0 Å². The van der Waals surface area contributed by atoms with Crippen LogP contribution in [0.5, 0.6) is 0 Å². The van der Waals surface area contributed by atoms with E-state index >= 15 is 0 Å². The van der Waals surface area contributed by atoms with Crippen LogP contribution < -0.4 is 10.6 Å². The van der Waals surface area contributed by atoms with Crippen LogP contribution in [0.15, 0.2) is 53.3 Å². The van der Waals surface area contributed by atoms with Crippen LogP contribution in [0.25, 0.3) is 0 Å². The first-order valence-electron chi connectivity index (χ1n) is 8.21. The first kappa shape index (κ1) is 18.6. The third-order valence-electron chi connectivity index (χ3n) is 5.00. The molecule has 26 heavy (non-hydrogen) atoms. The summed E-state index contributed by atoms with van der Waals surface area (Å²) in [5.74, 6) is -1.83. The fraction of sp³-hybridized carbons (Fsp3) is 0.167. The van der Waals surface area contributed by atoms with Crippen molar-refractivity contribution in [1.29, 1.82) is 0 Å². The number of nitrogens with one attached hydrogen (secondary N) is 1. The van der Waals surface area contributed by atoms with Gasteiger partial charge in [-0.1, -0.05) is 0 Å². The van der Waals surface area contributed by atoms with Crippen molar-refractivity contribution in [3.05, 3.63) is 59.7 Å². The van der Waals surface area contributed by atoms with Gasteiger partial charge in [-0.15, -0.1) is 0 Å². The minimum atomic E-state index is -4.04. The normalized spacial score (nSPS) is 30.2. The molecule has 4 rings (SSSR count). The Morgan fingerprint density at radius 3 is 2.58 bits per heavy atom. The predicted molar refractivity (Wildman–Crippen MR) is 99.3 cm³/mol. The first-order valence-corrected chi connectivity index (χ1v) is 12.3. The Morgan fingerprint density at radius 1 is 1.15 bits per heavy atom.